The van der Waals surface area contributed by atoms with Gasteiger partial charge in [0.2, 0.25) is 11.8 Å². The van der Waals surface area contributed by atoms with Crippen LogP contribution in [0.2, 0.25) is 0 Å². The van der Waals surface area contributed by atoms with Gasteiger partial charge in [-0.1, -0.05) is 43.3 Å². The highest BCUT2D eigenvalue weighted by atomic mass is 16.5. The monoisotopic (exact) mass is 424 g/mol. The number of benzene rings is 1. The summed E-state index contributed by atoms with van der Waals surface area (Å²) in [6.07, 6.45) is 5.89. The molecule has 0 bridgehead atoms. The van der Waals surface area contributed by atoms with Gasteiger partial charge >= 0.3 is 0 Å². The van der Waals surface area contributed by atoms with Gasteiger partial charge in [0.05, 0.1) is 24.8 Å². The van der Waals surface area contributed by atoms with Gasteiger partial charge in [0, 0.05) is 19.7 Å². The van der Waals surface area contributed by atoms with E-state index >= 15 is 0 Å². The minimum atomic E-state index is -0.286. The maximum absolute atomic E-state index is 13.3. The quantitative estimate of drug-likeness (QED) is 0.512. The standard InChI is InChI=1S/C25H32N2O4/c1-3-14-26(25(29)23(4-2)20-10-6-5-7-11-20)19-24(28)27(17-21-12-8-15-30-21)18-22-13-9-16-31-22/h3,5-8,10-12,15,22-23H,1,4,9,13-14,16-19H2,2H3/t22-,23-/m0/s1. The molecule has 6 heteroatoms. The number of hydrogen-bond acceptors (Lipinski definition) is 4. The number of furan rings is 1. The fourth-order valence-electron chi connectivity index (χ4n) is 3.99. The van der Waals surface area contributed by atoms with Crippen molar-refractivity contribution in [2.45, 2.75) is 44.8 Å². The molecule has 31 heavy (non-hydrogen) atoms. The van der Waals surface area contributed by atoms with Crippen LogP contribution in [-0.4, -0.2) is 54.0 Å². The van der Waals surface area contributed by atoms with Crippen molar-refractivity contribution in [2.75, 3.05) is 26.2 Å². The van der Waals surface area contributed by atoms with Crippen molar-refractivity contribution in [1.29, 1.82) is 0 Å². The number of carbonyl (C=O) groups is 2. The summed E-state index contributed by atoms with van der Waals surface area (Å²) in [4.78, 5) is 30.0. The molecular weight excluding hydrogens is 392 g/mol. The van der Waals surface area contributed by atoms with Gasteiger partial charge in [-0.25, -0.2) is 0 Å². The first-order valence-electron chi connectivity index (χ1n) is 11.0. The first-order valence-corrected chi connectivity index (χ1v) is 11.0. The molecule has 1 saturated heterocycles. The molecule has 2 aromatic rings. The van der Waals surface area contributed by atoms with Crippen LogP contribution in [0.25, 0.3) is 0 Å². The van der Waals surface area contributed by atoms with E-state index in [-0.39, 0.29) is 30.4 Å². The first kappa shape index (κ1) is 22.8. The van der Waals surface area contributed by atoms with Crippen molar-refractivity contribution in [1.82, 2.24) is 9.80 Å². The molecule has 6 nitrogen and oxygen atoms in total. The third kappa shape index (κ3) is 6.31. The van der Waals surface area contributed by atoms with Crippen LogP contribution in [0.3, 0.4) is 0 Å². The maximum atomic E-state index is 13.3. The summed E-state index contributed by atoms with van der Waals surface area (Å²) in [6.45, 7) is 7.67. The molecule has 0 N–H and O–H groups in total. The lowest BCUT2D eigenvalue weighted by molar-refractivity contribution is -0.142. The highest BCUT2D eigenvalue weighted by Crippen LogP contribution is 2.22. The van der Waals surface area contributed by atoms with E-state index in [2.05, 4.69) is 6.58 Å². The van der Waals surface area contributed by atoms with Gasteiger partial charge in [-0.2, -0.15) is 0 Å². The second-order valence-electron chi connectivity index (χ2n) is 7.87. The lowest BCUT2D eigenvalue weighted by atomic mass is 9.95. The second kappa shape index (κ2) is 11.5. The lowest BCUT2D eigenvalue weighted by Gasteiger charge is -2.30. The fraction of sp³-hybridized carbons (Fsp3) is 0.440. The van der Waals surface area contributed by atoms with E-state index in [1.165, 1.54) is 0 Å². The normalized spacial score (nSPS) is 16.6. The van der Waals surface area contributed by atoms with E-state index in [1.54, 1.807) is 22.1 Å². The SMILES string of the molecule is C=CCN(CC(=O)N(Cc1ccco1)C[C@@H]1CCCO1)C(=O)[C@@H](CC)c1ccccc1. The molecule has 166 valence electrons. The smallest absolute Gasteiger partial charge is 0.242 e. The predicted molar refractivity (Wildman–Crippen MR) is 119 cm³/mol. The molecule has 2 atom stereocenters. The summed E-state index contributed by atoms with van der Waals surface area (Å²) in [7, 11) is 0. The van der Waals surface area contributed by atoms with Crippen LogP contribution in [0.4, 0.5) is 0 Å². The van der Waals surface area contributed by atoms with Gasteiger partial charge in [0.15, 0.2) is 0 Å². The summed E-state index contributed by atoms with van der Waals surface area (Å²) in [5.41, 5.74) is 0.961. The van der Waals surface area contributed by atoms with E-state index in [0.717, 1.165) is 25.0 Å². The molecule has 0 unspecified atom stereocenters. The molecular formula is C25H32N2O4. The molecule has 1 aliphatic heterocycles. The molecule has 0 spiro atoms. The second-order valence-corrected chi connectivity index (χ2v) is 7.87. The van der Waals surface area contributed by atoms with E-state index in [4.69, 9.17) is 9.15 Å². The Hall–Kier alpha value is -2.86. The van der Waals surface area contributed by atoms with Gasteiger partial charge in [-0.3, -0.25) is 9.59 Å². The predicted octanol–water partition coefficient (Wildman–Crippen LogP) is 4.00. The maximum Gasteiger partial charge on any atom is 0.242 e. The van der Waals surface area contributed by atoms with E-state index < -0.39 is 0 Å². The highest BCUT2D eigenvalue weighted by Gasteiger charge is 2.29. The Bertz CT molecular complexity index is 828. The molecule has 0 radical (unpaired) electrons. The van der Waals surface area contributed by atoms with Crippen LogP contribution in [-0.2, 0) is 20.9 Å². The summed E-state index contributed by atoms with van der Waals surface area (Å²) < 4.78 is 11.2. The zero-order valence-corrected chi connectivity index (χ0v) is 18.2. The zero-order valence-electron chi connectivity index (χ0n) is 18.2. The van der Waals surface area contributed by atoms with Crippen LogP contribution < -0.4 is 0 Å². The van der Waals surface area contributed by atoms with Crippen molar-refractivity contribution < 1.29 is 18.7 Å². The van der Waals surface area contributed by atoms with Crippen molar-refractivity contribution >= 4 is 11.8 Å². The Kier molecular flexibility index (Phi) is 8.47. The van der Waals surface area contributed by atoms with E-state index in [1.807, 2.05) is 49.4 Å². The molecule has 1 fully saturated rings. The van der Waals surface area contributed by atoms with Crippen LogP contribution >= 0.6 is 0 Å². The number of nitrogens with zero attached hydrogens (tertiary/aromatic N) is 2. The minimum Gasteiger partial charge on any atom is -0.467 e. The number of hydrogen-bond donors (Lipinski definition) is 0. The van der Waals surface area contributed by atoms with Crippen molar-refractivity contribution in [2.24, 2.45) is 0 Å². The minimum absolute atomic E-state index is 0.00160. The zero-order chi connectivity index (χ0) is 22.1. The Labute approximate surface area is 184 Å². The van der Waals surface area contributed by atoms with Gasteiger partial charge in [-0.15, -0.1) is 6.58 Å². The molecule has 1 aromatic heterocycles. The average molecular weight is 425 g/mol. The summed E-state index contributed by atoms with van der Waals surface area (Å²) in [5, 5.41) is 0. The van der Waals surface area contributed by atoms with Crippen LogP contribution in [0.5, 0.6) is 0 Å². The van der Waals surface area contributed by atoms with Gasteiger partial charge < -0.3 is 19.0 Å². The molecule has 0 aliphatic carbocycles. The molecule has 2 heterocycles. The van der Waals surface area contributed by atoms with E-state index in [9.17, 15) is 9.59 Å². The molecule has 0 saturated carbocycles. The van der Waals surface area contributed by atoms with Gasteiger partial charge in [0.25, 0.3) is 0 Å². The highest BCUT2D eigenvalue weighted by molar-refractivity contribution is 5.88. The number of carbonyl (C=O) groups excluding carboxylic acids is 2. The molecule has 2 amide bonds. The molecule has 1 aromatic carbocycles. The van der Waals surface area contributed by atoms with Crippen molar-refractivity contribution in [3.8, 4) is 0 Å². The van der Waals surface area contributed by atoms with Crippen molar-refractivity contribution in [3.63, 3.8) is 0 Å². The van der Waals surface area contributed by atoms with Gasteiger partial charge in [-0.05, 0) is 37.0 Å². The Morgan fingerprint density at radius 1 is 1.19 bits per heavy atom. The van der Waals surface area contributed by atoms with Crippen LogP contribution in [0.1, 0.15) is 43.4 Å². The summed E-state index contributed by atoms with van der Waals surface area (Å²) in [5.74, 6) is 0.247. The third-order valence-corrected chi connectivity index (χ3v) is 5.62. The lowest BCUT2D eigenvalue weighted by Crippen LogP contribution is -2.46. The molecule has 3 rings (SSSR count). The Morgan fingerprint density at radius 2 is 2.00 bits per heavy atom. The van der Waals surface area contributed by atoms with Crippen LogP contribution in [0.15, 0.2) is 65.8 Å². The Balaban J connectivity index is 1.73. The number of ether oxygens (including phenoxy) is 1. The van der Waals surface area contributed by atoms with Crippen molar-refractivity contribution in [3.05, 3.63) is 72.7 Å². The fourth-order valence-corrected chi connectivity index (χ4v) is 3.99. The average Bonchev–Trinajstić information content (AvgIpc) is 3.48. The van der Waals surface area contributed by atoms with Gasteiger partial charge in [0.1, 0.15) is 12.3 Å². The summed E-state index contributed by atoms with van der Waals surface area (Å²) >= 11 is 0. The number of amides is 2. The Morgan fingerprint density at radius 3 is 2.61 bits per heavy atom. The third-order valence-electron chi connectivity index (χ3n) is 5.62. The topological polar surface area (TPSA) is 63.0 Å². The largest absolute Gasteiger partial charge is 0.467 e. The number of rotatable bonds is 11. The molecule has 1 aliphatic rings. The van der Waals surface area contributed by atoms with E-state index in [0.29, 0.717) is 31.8 Å². The summed E-state index contributed by atoms with van der Waals surface area (Å²) in [6, 6.07) is 13.4. The first-order chi connectivity index (χ1) is 15.1. The van der Waals surface area contributed by atoms with Crippen LogP contribution in [0, 0.1) is 0 Å².